The molecule has 2 N–H and O–H groups in total. The monoisotopic (exact) mass is 367 g/mol. The lowest BCUT2D eigenvalue weighted by Crippen LogP contribution is -2.49. The Balaban J connectivity index is 1.70. The number of rotatable bonds is 6. The Hall–Kier alpha value is -2.37. The summed E-state index contributed by atoms with van der Waals surface area (Å²) in [5, 5.41) is 6.86. The Bertz CT molecular complexity index is 723. The average molecular weight is 367 g/mol. The van der Waals surface area contributed by atoms with Gasteiger partial charge in [0.15, 0.2) is 5.96 Å². The van der Waals surface area contributed by atoms with E-state index in [1.165, 1.54) is 11.1 Å². The van der Waals surface area contributed by atoms with Crippen LogP contribution in [0.25, 0.3) is 0 Å². The number of methoxy groups -OCH3 is 1. The summed E-state index contributed by atoms with van der Waals surface area (Å²) >= 11 is 0. The molecule has 2 aromatic rings. The van der Waals surface area contributed by atoms with E-state index in [9.17, 15) is 0 Å². The van der Waals surface area contributed by atoms with Crippen LogP contribution in [0.2, 0.25) is 0 Å². The molecule has 0 aliphatic carbocycles. The molecule has 3 rings (SSSR count). The molecule has 0 saturated carbocycles. The van der Waals surface area contributed by atoms with Crippen molar-refractivity contribution < 1.29 is 9.47 Å². The Morgan fingerprint density at radius 3 is 2.44 bits per heavy atom. The summed E-state index contributed by atoms with van der Waals surface area (Å²) in [6, 6.07) is 18.6. The Morgan fingerprint density at radius 2 is 1.78 bits per heavy atom. The average Bonchev–Trinajstić information content (AvgIpc) is 2.72. The normalized spacial score (nSPS) is 16.7. The van der Waals surface area contributed by atoms with E-state index in [4.69, 9.17) is 14.5 Å². The van der Waals surface area contributed by atoms with Crippen molar-refractivity contribution in [3.05, 3.63) is 65.7 Å². The smallest absolute Gasteiger partial charge is 0.196 e. The first kappa shape index (κ1) is 19.4. The van der Waals surface area contributed by atoms with Gasteiger partial charge in [0.1, 0.15) is 0 Å². The fraction of sp³-hybridized carbons (Fsp3) is 0.409. The summed E-state index contributed by atoms with van der Waals surface area (Å²) in [7, 11) is 1.78. The third-order valence-electron chi connectivity index (χ3n) is 4.99. The molecule has 0 bridgehead atoms. The number of aliphatic imine (C=N–C) groups is 1. The van der Waals surface area contributed by atoms with E-state index < -0.39 is 0 Å². The largest absolute Gasteiger partial charge is 0.381 e. The number of guanidine groups is 1. The van der Waals surface area contributed by atoms with Crippen LogP contribution in [0.3, 0.4) is 0 Å². The van der Waals surface area contributed by atoms with Crippen LogP contribution >= 0.6 is 0 Å². The highest BCUT2D eigenvalue weighted by atomic mass is 16.5. The summed E-state index contributed by atoms with van der Waals surface area (Å²) in [5.41, 5.74) is 3.24. The third kappa shape index (κ3) is 5.81. The van der Waals surface area contributed by atoms with E-state index in [1.54, 1.807) is 7.11 Å². The zero-order valence-electron chi connectivity index (χ0n) is 16.2. The molecule has 0 spiro atoms. The topological polar surface area (TPSA) is 54.9 Å². The van der Waals surface area contributed by atoms with Crippen molar-refractivity contribution >= 4 is 11.6 Å². The fourth-order valence-corrected chi connectivity index (χ4v) is 3.10. The first-order chi connectivity index (χ1) is 13.2. The summed E-state index contributed by atoms with van der Waals surface area (Å²) in [6.45, 7) is 4.87. The van der Waals surface area contributed by atoms with E-state index in [0.29, 0.717) is 13.1 Å². The molecule has 1 saturated heterocycles. The standard InChI is InChI=1S/C22H29N3O2/c1-18-8-10-19(11-9-18)16-23-21(25-20-6-4-3-5-7-20)24-17-22(26-2)12-14-27-15-13-22/h3-11H,12-17H2,1-2H3,(H2,23,24,25). The lowest BCUT2D eigenvalue weighted by Gasteiger charge is -2.36. The second kappa shape index (κ2) is 9.53. The third-order valence-corrected chi connectivity index (χ3v) is 4.99. The number of nitrogens with one attached hydrogen (secondary N) is 2. The minimum atomic E-state index is -0.207. The second-order valence-electron chi connectivity index (χ2n) is 6.99. The first-order valence-corrected chi connectivity index (χ1v) is 9.48. The van der Waals surface area contributed by atoms with Crippen molar-refractivity contribution in [2.75, 3.05) is 32.2 Å². The zero-order chi connectivity index (χ0) is 19.0. The van der Waals surface area contributed by atoms with Gasteiger partial charge in [-0.15, -0.1) is 0 Å². The van der Waals surface area contributed by atoms with E-state index in [2.05, 4.69) is 41.8 Å². The number of ether oxygens (including phenoxy) is 2. The van der Waals surface area contributed by atoms with Gasteiger partial charge < -0.3 is 20.1 Å². The van der Waals surface area contributed by atoms with Crippen LogP contribution in [0.5, 0.6) is 0 Å². The Morgan fingerprint density at radius 1 is 1.07 bits per heavy atom. The predicted octanol–water partition coefficient (Wildman–Crippen LogP) is 3.75. The van der Waals surface area contributed by atoms with Gasteiger partial charge in [-0.3, -0.25) is 0 Å². The maximum absolute atomic E-state index is 5.83. The molecule has 0 unspecified atom stereocenters. The molecule has 144 valence electrons. The van der Waals surface area contributed by atoms with Crippen LogP contribution in [-0.4, -0.2) is 38.4 Å². The van der Waals surface area contributed by atoms with Crippen LogP contribution in [-0.2, 0) is 16.0 Å². The number of nitrogens with zero attached hydrogens (tertiary/aromatic N) is 1. The van der Waals surface area contributed by atoms with Crippen molar-refractivity contribution in [3.63, 3.8) is 0 Å². The number of anilines is 1. The van der Waals surface area contributed by atoms with Crippen molar-refractivity contribution in [3.8, 4) is 0 Å². The minimum Gasteiger partial charge on any atom is -0.381 e. The van der Waals surface area contributed by atoms with E-state index >= 15 is 0 Å². The lowest BCUT2D eigenvalue weighted by molar-refractivity contribution is -0.0854. The molecule has 0 atom stereocenters. The number of benzene rings is 2. The van der Waals surface area contributed by atoms with Gasteiger partial charge in [0, 0.05) is 45.4 Å². The summed E-state index contributed by atoms with van der Waals surface area (Å²) in [5.74, 6) is 0.754. The molecule has 1 aliphatic rings. The molecule has 2 aromatic carbocycles. The highest BCUT2D eigenvalue weighted by Gasteiger charge is 2.32. The quantitative estimate of drug-likeness (QED) is 0.603. The van der Waals surface area contributed by atoms with Crippen molar-refractivity contribution in [1.82, 2.24) is 5.32 Å². The highest BCUT2D eigenvalue weighted by molar-refractivity contribution is 5.93. The highest BCUT2D eigenvalue weighted by Crippen LogP contribution is 2.23. The van der Waals surface area contributed by atoms with Gasteiger partial charge in [-0.05, 0) is 24.6 Å². The molecule has 0 radical (unpaired) electrons. The van der Waals surface area contributed by atoms with Gasteiger partial charge in [-0.25, -0.2) is 4.99 Å². The van der Waals surface area contributed by atoms with Crippen LogP contribution in [0.4, 0.5) is 5.69 Å². The molecule has 1 fully saturated rings. The summed E-state index contributed by atoms with van der Waals surface area (Å²) < 4.78 is 11.3. The van der Waals surface area contributed by atoms with Gasteiger partial charge in [0.05, 0.1) is 12.1 Å². The zero-order valence-corrected chi connectivity index (χ0v) is 16.2. The number of hydrogen-bond acceptors (Lipinski definition) is 3. The second-order valence-corrected chi connectivity index (χ2v) is 6.99. The van der Waals surface area contributed by atoms with E-state index in [0.717, 1.165) is 37.7 Å². The van der Waals surface area contributed by atoms with Gasteiger partial charge in [0.25, 0.3) is 0 Å². The molecular formula is C22H29N3O2. The van der Waals surface area contributed by atoms with Crippen LogP contribution in [0.15, 0.2) is 59.6 Å². The van der Waals surface area contributed by atoms with Crippen LogP contribution in [0.1, 0.15) is 24.0 Å². The molecule has 27 heavy (non-hydrogen) atoms. The maximum atomic E-state index is 5.83. The van der Waals surface area contributed by atoms with E-state index in [-0.39, 0.29) is 5.60 Å². The van der Waals surface area contributed by atoms with Crippen molar-refractivity contribution in [1.29, 1.82) is 0 Å². The van der Waals surface area contributed by atoms with Crippen LogP contribution < -0.4 is 10.6 Å². The molecule has 1 aliphatic heterocycles. The van der Waals surface area contributed by atoms with Crippen LogP contribution in [0, 0.1) is 6.92 Å². The molecule has 5 heteroatoms. The Kier molecular flexibility index (Phi) is 6.85. The molecular weight excluding hydrogens is 338 g/mol. The number of hydrogen-bond donors (Lipinski definition) is 2. The molecule has 0 amide bonds. The number of para-hydroxylation sites is 1. The molecule has 1 heterocycles. The summed E-state index contributed by atoms with van der Waals surface area (Å²) in [4.78, 5) is 4.78. The van der Waals surface area contributed by atoms with Gasteiger partial charge in [-0.2, -0.15) is 0 Å². The van der Waals surface area contributed by atoms with Gasteiger partial charge in [-0.1, -0.05) is 48.0 Å². The minimum absolute atomic E-state index is 0.207. The van der Waals surface area contributed by atoms with Crippen molar-refractivity contribution in [2.45, 2.75) is 31.9 Å². The number of aryl methyl sites for hydroxylation is 1. The predicted molar refractivity (Wildman–Crippen MR) is 110 cm³/mol. The van der Waals surface area contributed by atoms with Crippen molar-refractivity contribution in [2.24, 2.45) is 4.99 Å². The lowest BCUT2D eigenvalue weighted by atomic mass is 9.94. The molecule has 0 aromatic heterocycles. The van der Waals surface area contributed by atoms with E-state index in [1.807, 2.05) is 30.3 Å². The summed E-state index contributed by atoms with van der Waals surface area (Å²) in [6.07, 6.45) is 1.76. The SMILES string of the molecule is COC1(CNC(=NCc2ccc(C)cc2)Nc2ccccc2)CCOCC1. The molecule has 5 nitrogen and oxygen atoms in total. The van der Waals surface area contributed by atoms with Gasteiger partial charge >= 0.3 is 0 Å². The fourth-order valence-electron chi connectivity index (χ4n) is 3.10. The first-order valence-electron chi connectivity index (χ1n) is 9.48. The maximum Gasteiger partial charge on any atom is 0.196 e. The Labute approximate surface area is 161 Å². The van der Waals surface area contributed by atoms with Gasteiger partial charge in [0.2, 0.25) is 0 Å².